The molecule has 1 heterocycles. The van der Waals surface area contributed by atoms with E-state index in [-0.39, 0.29) is 11.0 Å². The lowest BCUT2D eigenvalue weighted by molar-refractivity contribution is -0.142. The number of aromatic amines is 1. The monoisotopic (exact) mass is 319 g/mol. The van der Waals surface area contributed by atoms with Gasteiger partial charge in [-0.1, -0.05) is 0 Å². The largest absolute Gasteiger partial charge is 0.480 e. The summed E-state index contributed by atoms with van der Waals surface area (Å²) in [7, 11) is 0. The number of nitrogens with one attached hydrogen (secondary N) is 2. The first-order chi connectivity index (χ1) is 8.31. The van der Waals surface area contributed by atoms with Crippen LogP contribution in [0, 0.1) is 0 Å². The standard InChI is InChI=1S/C9H10BrN3O5/c1-4(14)11-6(8(16)17)3-13-2-5(10)7(15)12-9(13)18/h2,6H,3H2,1H3,(H,11,14)(H,16,17)(H,12,15,18)/t6-/m0/s1. The van der Waals surface area contributed by atoms with Crippen LogP contribution in [0.5, 0.6) is 0 Å². The molecular formula is C9H10BrN3O5. The van der Waals surface area contributed by atoms with Gasteiger partial charge in [0.05, 0.1) is 11.0 Å². The summed E-state index contributed by atoms with van der Waals surface area (Å²) >= 11 is 2.92. The molecule has 0 fully saturated rings. The highest BCUT2D eigenvalue weighted by atomic mass is 79.9. The fourth-order valence-electron chi connectivity index (χ4n) is 1.25. The summed E-state index contributed by atoms with van der Waals surface area (Å²) < 4.78 is 1.08. The molecule has 0 aliphatic heterocycles. The number of hydrogen-bond donors (Lipinski definition) is 3. The second-order valence-electron chi connectivity index (χ2n) is 3.48. The number of carbonyl (C=O) groups is 2. The average molecular weight is 320 g/mol. The molecule has 98 valence electrons. The smallest absolute Gasteiger partial charge is 0.328 e. The van der Waals surface area contributed by atoms with E-state index in [4.69, 9.17) is 5.11 Å². The number of H-pyrrole nitrogens is 1. The number of carboxylic acid groups (broad SMARTS) is 1. The number of aliphatic carboxylic acids is 1. The minimum atomic E-state index is -1.28. The molecule has 1 aromatic heterocycles. The zero-order chi connectivity index (χ0) is 13.9. The number of halogens is 1. The molecule has 0 saturated carbocycles. The molecule has 1 atom stereocenters. The van der Waals surface area contributed by atoms with Gasteiger partial charge in [-0.05, 0) is 15.9 Å². The Morgan fingerprint density at radius 1 is 1.56 bits per heavy atom. The number of rotatable bonds is 4. The van der Waals surface area contributed by atoms with Crippen molar-refractivity contribution in [2.75, 3.05) is 0 Å². The van der Waals surface area contributed by atoms with Gasteiger partial charge in [0.15, 0.2) is 0 Å². The quantitative estimate of drug-likeness (QED) is 0.649. The second kappa shape index (κ2) is 5.63. The predicted octanol–water partition coefficient (Wildman–Crippen LogP) is -1.11. The molecule has 1 rings (SSSR count). The lowest BCUT2D eigenvalue weighted by Crippen LogP contribution is -2.45. The Balaban J connectivity index is 3.04. The number of aromatic nitrogens is 2. The van der Waals surface area contributed by atoms with E-state index in [2.05, 4.69) is 21.2 Å². The minimum Gasteiger partial charge on any atom is -0.480 e. The van der Waals surface area contributed by atoms with Gasteiger partial charge in [-0.2, -0.15) is 0 Å². The van der Waals surface area contributed by atoms with E-state index >= 15 is 0 Å². The van der Waals surface area contributed by atoms with Gasteiger partial charge in [-0.15, -0.1) is 0 Å². The highest BCUT2D eigenvalue weighted by Gasteiger charge is 2.19. The van der Waals surface area contributed by atoms with Crippen molar-refractivity contribution < 1.29 is 14.7 Å². The summed E-state index contributed by atoms with van der Waals surface area (Å²) in [5.41, 5.74) is -1.36. The van der Waals surface area contributed by atoms with Crippen LogP contribution in [-0.4, -0.2) is 32.6 Å². The van der Waals surface area contributed by atoms with Crippen molar-refractivity contribution in [2.24, 2.45) is 0 Å². The van der Waals surface area contributed by atoms with Crippen molar-refractivity contribution >= 4 is 27.8 Å². The Morgan fingerprint density at radius 2 is 2.17 bits per heavy atom. The van der Waals surface area contributed by atoms with Crippen molar-refractivity contribution in [3.05, 3.63) is 31.5 Å². The Morgan fingerprint density at radius 3 is 2.67 bits per heavy atom. The van der Waals surface area contributed by atoms with Crippen molar-refractivity contribution in [3.63, 3.8) is 0 Å². The molecule has 0 bridgehead atoms. The number of carboxylic acids is 1. The van der Waals surface area contributed by atoms with Crippen molar-refractivity contribution in [2.45, 2.75) is 19.5 Å². The third-order valence-corrected chi connectivity index (χ3v) is 2.59. The maximum atomic E-state index is 11.4. The molecule has 0 unspecified atom stereocenters. The second-order valence-corrected chi connectivity index (χ2v) is 4.33. The Hall–Kier alpha value is -1.90. The molecule has 3 N–H and O–H groups in total. The molecule has 0 saturated heterocycles. The summed E-state index contributed by atoms with van der Waals surface area (Å²) in [6.45, 7) is 0.880. The third-order valence-electron chi connectivity index (χ3n) is 2.02. The SMILES string of the molecule is CC(=O)N[C@@H](Cn1cc(Br)c(=O)[nH]c1=O)C(=O)O. The average Bonchev–Trinajstić information content (AvgIpc) is 2.23. The fraction of sp³-hybridized carbons (Fsp3) is 0.333. The molecule has 0 aliphatic carbocycles. The first-order valence-corrected chi connectivity index (χ1v) is 5.59. The molecule has 0 radical (unpaired) electrons. The Bertz CT molecular complexity index is 591. The van der Waals surface area contributed by atoms with Gasteiger partial charge < -0.3 is 10.4 Å². The van der Waals surface area contributed by atoms with E-state index in [1.54, 1.807) is 0 Å². The van der Waals surface area contributed by atoms with Crippen LogP contribution in [0.2, 0.25) is 0 Å². The van der Waals surface area contributed by atoms with Gasteiger partial charge in [-0.25, -0.2) is 9.59 Å². The minimum absolute atomic E-state index is 0.0917. The van der Waals surface area contributed by atoms with E-state index in [9.17, 15) is 19.2 Å². The summed E-state index contributed by atoms with van der Waals surface area (Å²) in [6, 6.07) is -1.25. The molecular weight excluding hydrogens is 310 g/mol. The number of nitrogens with zero attached hydrogens (tertiary/aromatic N) is 1. The molecule has 0 spiro atoms. The summed E-state index contributed by atoms with van der Waals surface area (Å²) in [6.07, 6.45) is 1.17. The third kappa shape index (κ3) is 3.55. The van der Waals surface area contributed by atoms with Crippen LogP contribution in [0.15, 0.2) is 20.3 Å². The van der Waals surface area contributed by atoms with Crippen LogP contribution in [0.1, 0.15) is 6.92 Å². The number of amides is 1. The zero-order valence-corrected chi connectivity index (χ0v) is 10.9. The van der Waals surface area contributed by atoms with Crippen LogP contribution >= 0.6 is 15.9 Å². The van der Waals surface area contributed by atoms with Crippen molar-refractivity contribution in [1.29, 1.82) is 0 Å². The topological polar surface area (TPSA) is 121 Å². The van der Waals surface area contributed by atoms with Crippen LogP contribution in [0.25, 0.3) is 0 Å². The molecule has 8 nitrogen and oxygen atoms in total. The molecule has 18 heavy (non-hydrogen) atoms. The maximum Gasteiger partial charge on any atom is 0.328 e. The number of carbonyl (C=O) groups excluding carboxylic acids is 1. The van der Waals surface area contributed by atoms with Gasteiger partial charge >= 0.3 is 11.7 Å². The molecule has 1 amide bonds. The van der Waals surface area contributed by atoms with E-state index in [0.29, 0.717) is 0 Å². The van der Waals surface area contributed by atoms with Crippen molar-refractivity contribution in [1.82, 2.24) is 14.9 Å². The van der Waals surface area contributed by atoms with Gasteiger partial charge in [0.25, 0.3) is 5.56 Å². The maximum absolute atomic E-state index is 11.4. The lowest BCUT2D eigenvalue weighted by atomic mass is 10.3. The Labute approximate surface area is 109 Å². The number of hydrogen-bond acceptors (Lipinski definition) is 4. The predicted molar refractivity (Wildman–Crippen MR) is 64.3 cm³/mol. The summed E-state index contributed by atoms with van der Waals surface area (Å²) in [5.74, 6) is -1.81. The van der Waals surface area contributed by atoms with E-state index in [0.717, 1.165) is 4.57 Å². The van der Waals surface area contributed by atoms with Crippen LogP contribution in [0.3, 0.4) is 0 Å². The van der Waals surface area contributed by atoms with Crippen LogP contribution < -0.4 is 16.6 Å². The van der Waals surface area contributed by atoms with Gasteiger partial charge in [0, 0.05) is 13.1 Å². The highest BCUT2D eigenvalue weighted by molar-refractivity contribution is 9.10. The van der Waals surface area contributed by atoms with Gasteiger partial charge in [-0.3, -0.25) is 19.1 Å². The van der Waals surface area contributed by atoms with Crippen molar-refractivity contribution in [3.8, 4) is 0 Å². The Kier molecular flexibility index (Phi) is 4.43. The molecule has 0 aliphatic rings. The van der Waals surface area contributed by atoms with Crippen LogP contribution in [-0.2, 0) is 16.1 Å². The lowest BCUT2D eigenvalue weighted by Gasteiger charge is -2.14. The highest BCUT2D eigenvalue weighted by Crippen LogP contribution is 1.99. The van der Waals surface area contributed by atoms with E-state index in [1.165, 1.54) is 13.1 Å². The van der Waals surface area contributed by atoms with E-state index in [1.807, 2.05) is 4.98 Å². The summed E-state index contributed by atoms with van der Waals surface area (Å²) in [5, 5.41) is 11.1. The normalized spacial score (nSPS) is 11.9. The molecule has 9 heteroatoms. The summed E-state index contributed by atoms with van der Waals surface area (Å²) in [4.78, 5) is 46.2. The fourth-order valence-corrected chi connectivity index (χ4v) is 1.59. The molecule has 0 aromatic carbocycles. The zero-order valence-electron chi connectivity index (χ0n) is 9.27. The first kappa shape index (κ1) is 14.2. The van der Waals surface area contributed by atoms with E-state index < -0.39 is 29.2 Å². The van der Waals surface area contributed by atoms with Crippen LogP contribution in [0.4, 0.5) is 0 Å². The van der Waals surface area contributed by atoms with Gasteiger partial charge in [0.2, 0.25) is 5.91 Å². The molecule has 1 aromatic rings. The van der Waals surface area contributed by atoms with Gasteiger partial charge in [0.1, 0.15) is 6.04 Å². The first-order valence-electron chi connectivity index (χ1n) is 4.80.